The maximum atomic E-state index is 13.2. The SMILES string of the molecule is CC(C)(C)[Si](C)(C)OC1CC2C(=O)CC1C2C=C[C@H](COc1cccc(C(F)(F)F)c1)O[Si](C)(C)C(C)(C)C. The number of hydrogen-bond acceptors (Lipinski definition) is 4. The summed E-state index contributed by atoms with van der Waals surface area (Å²) >= 11 is 0. The Hall–Kier alpha value is -1.43. The number of halogens is 3. The van der Waals surface area contributed by atoms with E-state index in [1.54, 1.807) is 0 Å². The van der Waals surface area contributed by atoms with E-state index in [4.69, 9.17) is 13.6 Å². The molecule has 2 aliphatic carbocycles. The number of ketones is 1. The number of fused-ring (bicyclic) bond motifs is 2. The minimum Gasteiger partial charge on any atom is -0.491 e. The first kappa shape index (κ1) is 32.1. The van der Waals surface area contributed by atoms with Gasteiger partial charge < -0.3 is 13.6 Å². The van der Waals surface area contributed by atoms with Gasteiger partial charge in [0.15, 0.2) is 16.6 Å². The second-order valence-electron chi connectivity index (χ2n) is 14.3. The van der Waals surface area contributed by atoms with Crippen LogP contribution in [0.2, 0.25) is 36.3 Å². The van der Waals surface area contributed by atoms with Crippen LogP contribution in [0.3, 0.4) is 0 Å². The molecule has 1 aromatic rings. The zero-order chi connectivity index (χ0) is 29.6. The van der Waals surface area contributed by atoms with E-state index in [0.717, 1.165) is 18.6 Å². The minimum absolute atomic E-state index is 0.0558. The van der Waals surface area contributed by atoms with Gasteiger partial charge in [-0.05, 0) is 72.7 Å². The highest BCUT2D eigenvalue weighted by Gasteiger charge is 2.54. The summed E-state index contributed by atoms with van der Waals surface area (Å²) < 4.78 is 58.9. The Labute approximate surface area is 234 Å². The lowest BCUT2D eigenvalue weighted by Gasteiger charge is -2.40. The molecule has 2 fully saturated rings. The fourth-order valence-electron chi connectivity index (χ4n) is 4.97. The van der Waals surface area contributed by atoms with Crippen molar-refractivity contribution in [3.05, 3.63) is 42.0 Å². The molecular formula is C30H47F3O4Si2. The molecule has 39 heavy (non-hydrogen) atoms. The molecule has 220 valence electrons. The van der Waals surface area contributed by atoms with E-state index in [1.807, 2.05) is 6.08 Å². The third-order valence-corrected chi connectivity index (χ3v) is 18.4. The van der Waals surface area contributed by atoms with Crippen molar-refractivity contribution >= 4 is 22.4 Å². The third kappa shape index (κ3) is 7.46. The predicted octanol–water partition coefficient (Wildman–Crippen LogP) is 8.65. The summed E-state index contributed by atoms with van der Waals surface area (Å²) in [6, 6.07) is 4.93. The van der Waals surface area contributed by atoms with Gasteiger partial charge in [-0.2, -0.15) is 13.2 Å². The molecule has 2 saturated carbocycles. The van der Waals surface area contributed by atoms with Crippen LogP contribution in [0.5, 0.6) is 5.75 Å². The molecule has 0 aliphatic heterocycles. The molecule has 0 amide bonds. The van der Waals surface area contributed by atoms with Crippen molar-refractivity contribution in [3.63, 3.8) is 0 Å². The Bertz CT molecular complexity index is 1050. The van der Waals surface area contributed by atoms with Crippen LogP contribution in [0.1, 0.15) is 59.9 Å². The molecule has 0 N–H and O–H groups in total. The molecule has 5 atom stereocenters. The van der Waals surface area contributed by atoms with Gasteiger partial charge in [0.2, 0.25) is 0 Å². The standard InChI is InChI=1S/C30H47F3O4Si2/c1-28(2,3)38(7,8)36-22(19-35-21-13-11-12-20(16-21)30(31,32)33)14-15-23-24-18-27(25(23)17-26(24)34)37-39(9,10)29(4,5)6/h11-16,22-25,27H,17-19H2,1-10H3/t22-,23?,24?,25?,27?/m1/s1. The van der Waals surface area contributed by atoms with Crippen LogP contribution in [0.4, 0.5) is 13.2 Å². The van der Waals surface area contributed by atoms with Gasteiger partial charge in [0, 0.05) is 18.4 Å². The molecule has 2 aliphatic rings. The summed E-state index contributed by atoms with van der Waals surface area (Å²) in [5, 5.41) is 0.0345. The van der Waals surface area contributed by atoms with Crippen LogP contribution in [0.15, 0.2) is 36.4 Å². The fourth-order valence-corrected chi connectivity index (χ4v) is 7.61. The topological polar surface area (TPSA) is 44.8 Å². The van der Waals surface area contributed by atoms with Crippen molar-refractivity contribution in [3.8, 4) is 5.75 Å². The Balaban J connectivity index is 1.80. The molecule has 0 saturated heterocycles. The first-order chi connectivity index (χ1) is 17.6. The van der Waals surface area contributed by atoms with Gasteiger partial charge in [0.05, 0.1) is 11.7 Å². The van der Waals surface area contributed by atoms with Gasteiger partial charge >= 0.3 is 6.18 Å². The molecular weight excluding hydrogens is 537 g/mol. The number of carbonyl (C=O) groups excluding carboxylic acids is 1. The number of benzene rings is 1. The van der Waals surface area contributed by atoms with Gasteiger partial charge in [-0.15, -0.1) is 0 Å². The summed E-state index contributed by atoms with van der Waals surface area (Å²) in [6.07, 6.45) is 0.550. The fraction of sp³-hybridized carbons (Fsp3) is 0.700. The number of alkyl halides is 3. The molecule has 1 aromatic carbocycles. The van der Waals surface area contributed by atoms with Crippen LogP contribution in [0.25, 0.3) is 0 Å². The predicted molar refractivity (Wildman–Crippen MR) is 155 cm³/mol. The largest absolute Gasteiger partial charge is 0.491 e. The van der Waals surface area contributed by atoms with Crippen molar-refractivity contribution < 1.29 is 31.6 Å². The first-order valence-electron chi connectivity index (χ1n) is 14.0. The smallest absolute Gasteiger partial charge is 0.416 e. The van der Waals surface area contributed by atoms with Crippen LogP contribution >= 0.6 is 0 Å². The molecule has 9 heteroatoms. The number of Topliss-reactive ketones (excluding diaryl/α,β-unsaturated/α-hetero) is 1. The lowest BCUT2D eigenvalue weighted by molar-refractivity contribution is -0.137. The molecule has 0 radical (unpaired) electrons. The highest BCUT2D eigenvalue weighted by atomic mass is 28.4. The molecule has 4 unspecified atom stereocenters. The Morgan fingerprint density at radius 2 is 1.62 bits per heavy atom. The lowest BCUT2D eigenvalue weighted by atomic mass is 9.96. The average molecular weight is 585 g/mol. The van der Waals surface area contributed by atoms with Gasteiger partial charge in [-0.3, -0.25) is 4.79 Å². The summed E-state index contributed by atoms with van der Waals surface area (Å²) in [4.78, 5) is 12.8. The number of rotatable bonds is 9. The lowest BCUT2D eigenvalue weighted by Crippen LogP contribution is -2.45. The van der Waals surface area contributed by atoms with Crippen LogP contribution in [-0.4, -0.2) is 41.2 Å². The number of allylic oxidation sites excluding steroid dienone is 1. The van der Waals surface area contributed by atoms with Crippen molar-refractivity contribution in [2.45, 2.75) is 109 Å². The van der Waals surface area contributed by atoms with Crippen molar-refractivity contribution in [2.24, 2.45) is 17.8 Å². The summed E-state index contributed by atoms with van der Waals surface area (Å²) in [7, 11) is -4.20. The van der Waals surface area contributed by atoms with Crippen LogP contribution in [-0.2, 0) is 19.8 Å². The third-order valence-electron chi connectivity index (χ3n) is 9.40. The normalized spacial score (nSPS) is 25.5. The highest BCUT2D eigenvalue weighted by Crippen LogP contribution is 2.51. The maximum Gasteiger partial charge on any atom is 0.416 e. The van der Waals surface area contributed by atoms with Crippen molar-refractivity contribution in [1.82, 2.24) is 0 Å². The zero-order valence-corrected chi connectivity index (χ0v) is 27.2. The zero-order valence-electron chi connectivity index (χ0n) is 25.2. The first-order valence-corrected chi connectivity index (χ1v) is 19.8. The average Bonchev–Trinajstić information content (AvgIpc) is 3.25. The highest BCUT2D eigenvalue weighted by molar-refractivity contribution is 6.74. The molecule has 4 nitrogen and oxygen atoms in total. The van der Waals surface area contributed by atoms with E-state index in [1.165, 1.54) is 12.1 Å². The van der Waals surface area contributed by atoms with E-state index in [2.05, 4.69) is 73.8 Å². The Kier molecular flexibility index (Phi) is 9.13. The Morgan fingerprint density at radius 3 is 2.18 bits per heavy atom. The quantitative estimate of drug-likeness (QED) is 0.215. The monoisotopic (exact) mass is 584 g/mol. The van der Waals surface area contributed by atoms with Gasteiger partial charge in [-0.1, -0.05) is 59.8 Å². The summed E-state index contributed by atoms with van der Waals surface area (Å²) in [5.41, 5.74) is -0.744. The maximum absolute atomic E-state index is 13.2. The molecule has 2 bridgehead atoms. The molecule has 0 spiro atoms. The minimum atomic E-state index is -4.44. The van der Waals surface area contributed by atoms with Crippen LogP contribution in [0, 0.1) is 17.8 Å². The van der Waals surface area contributed by atoms with Crippen molar-refractivity contribution in [2.75, 3.05) is 6.61 Å². The van der Waals surface area contributed by atoms with E-state index >= 15 is 0 Å². The summed E-state index contributed by atoms with van der Waals surface area (Å²) in [6.45, 7) is 22.0. The van der Waals surface area contributed by atoms with Gasteiger partial charge in [0.25, 0.3) is 0 Å². The Morgan fingerprint density at radius 1 is 1.00 bits per heavy atom. The second kappa shape index (κ2) is 11.1. The second-order valence-corrected chi connectivity index (χ2v) is 23.8. The number of hydrogen-bond donors (Lipinski definition) is 0. The molecule has 0 aromatic heterocycles. The van der Waals surface area contributed by atoms with E-state index < -0.39 is 34.5 Å². The van der Waals surface area contributed by atoms with Gasteiger partial charge in [-0.25, -0.2) is 0 Å². The van der Waals surface area contributed by atoms with E-state index in [9.17, 15) is 18.0 Å². The van der Waals surface area contributed by atoms with E-state index in [0.29, 0.717) is 12.2 Å². The van der Waals surface area contributed by atoms with E-state index in [-0.39, 0.29) is 46.3 Å². The van der Waals surface area contributed by atoms with Crippen LogP contribution < -0.4 is 4.74 Å². The number of ether oxygens (including phenoxy) is 1. The molecule has 3 rings (SSSR count). The van der Waals surface area contributed by atoms with Gasteiger partial charge in [0.1, 0.15) is 18.1 Å². The summed E-state index contributed by atoms with van der Waals surface area (Å²) in [5.74, 6) is 0.615. The number of carbonyl (C=O) groups is 1. The molecule has 0 heterocycles. The van der Waals surface area contributed by atoms with Crippen molar-refractivity contribution in [1.29, 1.82) is 0 Å².